The van der Waals surface area contributed by atoms with Gasteiger partial charge in [0.05, 0.1) is 27.3 Å². The minimum Gasteiger partial charge on any atom is -0.280 e. The van der Waals surface area contributed by atoms with Crippen LogP contribution in [0.5, 0.6) is 0 Å². The summed E-state index contributed by atoms with van der Waals surface area (Å²) in [6.45, 7) is 6.62. The molecular weight excluding hydrogens is 438 g/mol. The molecule has 0 saturated heterocycles. The molecule has 0 unspecified atom stereocenters. The quantitative estimate of drug-likeness (QED) is 0.534. The van der Waals surface area contributed by atoms with Crippen molar-refractivity contribution in [3.8, 4) is 0 Å². The summed E-state index contributed by atoms with van der Waals surface area (Å²) in [6, 6.07) is 14.5. The zero-order valence-corrected chi connectivity index (χ0v) is 18.6. The number of nitrogens with one attached hydrogen (secondary N) is 1. The molecule has 0 amide bonds. The number of aryl methyl sites for hydroxylation is 2. The summed E-state index contributed by atoms with van der Waals surface area (Å²) < 4.78 is 31.0. The second-order valence-electron chi connectivity index (χ2n) is 6.84. The molecule has 1 aromatic heterocycles. The third-order valence-corrected chi connectivity index (χ3v) is 7.12. The molecule has 0 aliphatic carbocycles. The van der Waals surface area contributed by atoms with Crippen molar-refractivity contribution < 1.29 is 8.42 Å². The van der Waals surface area contributed by atoms with Gasteiger partial charge in [0, 0.05) is 5.69 Å². The van der Waals surface area contributed by atoms with Crippen molar-refractivity contribution in [2.45, 2.75) is 45.1 Å². The number of hydrogen-bond donors (Lipinski definition) is 1. The number of halogens is 1. The van der Waals surface area contributed by atoms with Crippen LogP contribution in [0.1, 0.15) is 35.9 Å². The molecule has 0 atom stereocenters. The van der Waals surface area contributed by atoms with E-state index in [4.69, 9.17) is 0 Å². The van der Waals surface area contributed by atoms with Gasteiger partial charge in [-0.05, 0) is 71.6 Å². The minimum absolute atomic E-state index is 0.264. The third-order valence-electron chi connectivity index (χ3n) is 4.58. The molecule has 2 aromatic carbocycles. The van der Waals surface area contributed by atoms with Crippen LogP contribution in [-0.2, 0) is 23.0 Å². The molecule has 1 heterocycles. The lowest BCUT2D eigenvalue weighted by atomic mass is 10.1. The van der Waals surface area contributed by atoms with Crippen molar-refractivity contribution in [3.05, 3.63) is 75.5 Å². The Morgan fingerprint density at radius 3 is 2.39 bits per heavy atom. The Morgan fingerprint density at radius 2 is 1.79 bits per heavy atom. The Kier molecular flexibility index (Phi) is 6.25. The maximum Gasteiger partial charge on any atom is 0.261 e. The Balaban J connectivity index is 1.78. The zero-order valence-electron chi connectivity index (χ0n) is 16.2. The summed E-state index contributed by atoms with van der Waals surface area (Å²) >= 11 is 3.53. The molecule has 3 rings (SSSR count). The largest absolute Gasteiger partial charge is 0.280 e. The van der Waals surface area contributed by atoms with Crippen molar-refractivity contribution in [3.63, 3.8) is 0 Å². The highest BCUT2D eigenvalue weighted by Gasteiger charge is 2.15. The van der Waals surface area contributed by atoms with Crippen LogP contribution >= 0.6 is 15.9 Å². The normalized spacial score (nSPS) is 11.6. The van der Waals surface area contributed by atoms with Crippen LogP contribution in [0.4, 0.5) is 5.69 Å². The third kappa shape index (κ3) is 4.64. The monoisotopic (exact) mass is 461 g/mol. The first-order valence-electron chi connectivity index (χ1n) is 9.20. The van der Waals surface area contributed by atoms with Crippen molar-refractivity contribution in [2.75, 3.05) is 4.72 Å². The Morgan fingerprint density at radius 1 is 1.07 bits per heavy atom. The summed E-state index contributed by atoms with van der Waals surface area (Å²) in [6.07, 6.45) is 1.97. The molecule has 0 radical (unpaired) electrons. The molecule has 0 aliphatic rings. The molecule has 5 nitrogen and oxygen atoms in total. The van der Waals surface area contributed by atoms with Crippen LogP contribution in [0.25, 0.3) is 0 Å². The van der Waals surface area contributed by atoms with E-state index < -0.39 is 10.0 Å². The first-order chi connectivity index (χ1) is 13.3. The number of aromatic nitrogens is 2. The first kappa shape index (κ1) is 20.6. The predicted octanol–water partition coefficient (Wildman–Crippen LogP) is 5.06. The molecule has 0 bridgehead atoms. The minimum atomic E-state index is -3.63. The van der Waals surface area contributed by atoms with E-state index in [-0.39, 0.29) is 4.90 Å². The molecule has 0 aliphatic heterocycles. The molecule has 0 saturated carbocycles. The molecule has 0 fully saturated rings. The van der Waals surface area contributed by atoms with E-state index in [1.807, 2.05) is 48.9 Å². The van der Waals surface area contributed by atoms with E-state index in [0.29, 0.717) is 12.2 Å². The molecule has 1 N–H and O–H groups in total. The van der Waals surface area contributed by atoms with Gasteiger partial charge in [0.25, 0.3) is 10.0 Å². The van der Waals surface area contributed by atoms with Gasteiger partial charge in [-0.3, -0.25) is 9.40 Å². The fourth-order valence-corrected chi connectivity index (χ4v) is 4.41. The van der Waals surface area contributed by atoms with E-state index >= 15 is 0 Å². The summed E-state index contributed by atoms with van der Waals surface area (Å²) in [4.78, 5) is 0.264. The molecule has 148 valence electrons. The van der Waals surface area contributed by atoms with Gasteiger partial charge in [-0.25, -0.2) is 8.42 Å². The second kappa shape index (κ2) is 8.49. The number of nitrogens with zero attached hydrogens (tertiary/aromatic N) is 2. The van der Waals surface area contributed by atoms with Gasteiger partial charge in [0.15, 0.2) is 0 Å². The van der Waals surface area contributed by atoms with Gasteiger partial charge in [0.2, 0.25) is 0 Å². The Bertz CT molecular complexity index is 1070. The number of benzene rings is 2. The first-order valence-corrected chi connectivity index (χ1v) is 11.5. The van der Waals surface area contributed by atoms with Crippen LogP contribution in [-0.4, -0.2) is 18.2 Å². The molecule has 3 aromatic rings. The highest BCUT2D eigenvalue weighted by molar-refractivity contribution is 9.10. The van der Waals surface area contributed by atoms with E-state index in [2.05, 4.69) is 32.7 Å². The lowest BCUT2D eigenvalue weighted by Gasteiger charge is -2.11. The highest BCUT2D eigenvalue weighted by atomic mass is 79.9. The van der Waals surface area contributed by atoms with Gasteiger partial charge >= 0.3 is 0 Å². The van der Waals surface area contributed by atoms with E-state index in [1.165, 1.54) is 0 Å². The molecule has 7 heteroatoms. The fourth-order valence-electron chi connectivity index (χ4n) is 3.07. The average molecular weight is 462 g/mol. The van der Waals surface area contributed by atoms with E-state index in [9.17, 15) is 8.42 Å². The smallest absolute Gasteiger partial charge is 0.261 e. The second-order valence-corrected chi connectivity index (χ2v) is 9.32. The summed E-state index contributed by atoms with van der Waals surface area (Å²) in [5.74, 6) is 0. The van der Waals surface area contributed by atoms with Gasteiger partial charge in [-0.2, -0.15) is 5.10 Å². The lowest BCUT2D eigenvalue weighted by molar-refractivity contribution is 0.601. The number of sulfonamides is 1. The lowest BCUT2D eigenvalue weighted by Crippen LogP contribution is -2.13. The topological polar surface area (TPSA) is 64.0 Å². The summed E-state index contributed by atoms with van der Waals surface area (Å²) in [7, 11) is -3.63. The van der Waals surface area contributed by atoms with E-state index in [0.717, 1.165) is 39.8 Å². The fraction of sp³-hybridized carbons (Fsp3) is 0.286. The van der Waals surface area contributed by atoms with Crippen molar-refractivity contribution in [1.29, 1.82) is 0 Å². The average Bonchev–Trinajstić information content (AvgIpc) is 2.89. The van der Waals surface area contributed by atoms with Crippen LogP contribution in [0, 0.1) is 13.8 Å². The number of hydrogen-bond acceptors (Lipinski definition) is 3. The van der Waals surface area contributed by atoms with Crippen LogP contribution < -0.4 is 4.72 Å². The molecular formula is C21H24BrN3O2S. The van der Waals surface area contributed by atoms with Crippen LogP contribution in [0.15, 0.2) is 57.9 Å². The van der Waals surface area contributed by atoms with Crippen LogP contribution in [0.2, 0.25) is 0 Å². The van der Waals surface area contributed by atoms with E-state index in [1.54, 1.807) is 18.2 Å². The maximum atomic E-state index is 12.7. The van der Waals surface area contributed by atoms with Gasteiger partial charge in [-0.15, -0.1) is 0 Å². The van der Waals surface area contributed by atoms with Gasteiger partial charge in [0.1, 0.15) is 0 Å². The SMILES string of the molecule is CCCc1ccc(S(=O)(=O)Nc2cccc(Cn3nc(C)c(Br)c3C)c2)cc1. The molecule has 0 spiro atoms. The Hall–Kier alpha value is -2.12. The Labute approximate surface area is 175 Å². The highest BCUT2D eigenvalue weighted by Crippen LogP contribution is 2.22. The maximum absolute atomic E-state index is 12.7. The van der Waals surface area contributed by atoms with Crippen molar-refractivity contribution in [1.82, 2.24) is 9.78 Å². The summed E-state index contributed by atoms with van der Waals surface area (Å²) in [5.41, 5.74) is 4.61. The zero-order chi connectivity index (χ0) is 20.3. The number of anilines is 1. The van der Waals surface area contributed by atoms with Gasteiger partial charge < -0.3 is 0 Å². The van der Waals surface area contributed by atoms with Crippen molar-refractivity contribution in [2.24, 2.45) is 0 Å². The van der Waals surface area contributed by atoms with Crippen molar-refractivity contribution >= 4 is 31.6 Å². The van der Waals surface area contributed by atoms with Gasteiger partial charge in [-0.1, -0.05) is 37.6 Å². The molecule has 28 heavy (non-hydrogen) atoms. The van der Waals surface area contributed by atoms with Crippen LogP contribution in [0.3, 0.4) is 0 Å². The predicted molar refractivity (Wildman–Crippen MR) is 116 cm³/mol. The number of rotatable bonds is 7. The summed E-state index contributed by atoms with van der Waals surface area (Å²) in [5, 5.41) is 4.51. The standard InChI is InChI=1S/C21H24BrN3O2S/c1-4-6-17-9-11-20(12-10-17)28(26,27)24-19-8-5-7-18(13-19)14-25-16(3)21(22)15(2)23-25/h5,7-13,24H,4,6,14H2,1-3H3.